The van der Waals surface area contributed by atoms with Crippen LogP contribution >= 0.6 is 11.8 Å². The summed E-state index contributed by atoms with van der Waals surface area (Å²) in [5.74, 6) is -0.206. The third-order valence-electron chi connectivity index (χ3n) is 3.57. The SMILES string of the molecule is CCSc1ccccc1NC(=O)C1(C(F)(F)F)CCNC1. The molecule has 0 bridgehead atoms. The number of hydrogen-bond donors (Lipinski definition) is 2. The van der Waals surface area contributed by atoms with Crippen molar-refractivity contribution in [3.05, 3.63) is 24.3 Å². The highest BCUT2D eigenvalue weighted by molar-refractivity contribution is 7.99. The summed E-state index contributed by atoms with van der Waals surface area (Å²) in [5.41, 5.74) is -1.90. The average molecular weight is 318 g/mol. The summed E-state index contributed by atoms with van der Waals surface area (Å²) in [5, 5.41) is 5.11. The fraction of sp³-hybridized carbons (Fsp3) is 0.500. The summed E-state index contributed by atoms with van der Waals surface area (Å²) in [6, 6.07) is 6.91. The topological polar surface area (TPSA) is 41.1 Å². The van der Waals surface area contributed by atoms with Crippen molar-refractivity contribution in [1.82, 2.24) is 5.32 Å². The molecule has 7 heteroatoms. The van der Waals surface area contributed by atoms with Gasteiger partial charge in [-0.15, -0.1) is 11.8 Å². The molecule has 1 aliphatic heterocycles. The number of nitrogens with one attached hydrogen (secondary N) is 2. The molecule has 1 aliphatic rings. The van der Waals surface area contributed by atoms with Gasteiger partial charge in [-0.1, -0.05) is 19.1 Å². The highest BCUT2D eigenvalue weighted by Crippen LogP contribution is 2.44. The van der Waals surface area contributed by atoms with E-state index in [0.29, 0.717) is 5.69 Å². The van der Waals surface area contributed by atoms with Gasteiger partial charge in [-0.3, -0.25) is 4.79 Å². The molecule has 21 heavy (non-hydrogen) atoms. The first-order valence-corrected chi connectivity index (χ1v) is 7.70. The molecule has 1 atom stereocenters. The van der Waals surface area contributed by atoms with Crippen LogP contribution in [-0.2, 0) is 4.79 Å². The molecule has 0 spiro atoms. The third-order valence-corrected chi connectivity index (χ3v) is 4.52. The first-order valence-electron chi connectivity index (χ1n) is 6.71. The molecular formula is C14H17F3N2OS. The number of rotatable bonds is 4. The van der Waals surface area contributed by atoms with Crippen LogP contribution in [0.15, 0.2) is 29.2 Å². The number of para-hydroxylation sites is 1. The Kier molecular flexibility index (Phi) is 4.83. The molecule has 0 aliphatic carbocycles. The van der Waals surface area contributed by atoms with Crippen LogP contribution in [0.1, 0.15) is 13.3 Å². The second kappa shape index (κ2) is 6.27. The molecular weight excluding hydrogens is 301 g/mol. The van der Waals surface area contributed by atoms with Crippen molar-refractivity contribution in [3.8, 4) is 0 Å². The number of alkyl halides is 3. The summed E-state index contributed by atoms with van der Waals surface area (Å²) < 4.78 is 39.9. The van der Waals surface area contributed by atoms with Crippen molar-refractivity contribution in [1.29, 1.82) is 0 Å². The normalized spacial score (nSPS) is 22.3. The van der Waals surface area contributed by atoms with Crippen molar-refractivity contribution in [2.75, 3.05) is 24.2 Å². The lowest BCUT2D eigenvalue weighted by Crippen LogP contribution is -2.49. The molecule has 2 N–H and O–H groups in total. The van der Waals surface area contributed by atoms with Crippen LogP contribution in [0.25, 0.3) is 0 Å². The van der Waals surface area contributed by atoms with Crippen LogP contribution in [0.4, 0.5) is 18.9 Å². The van der Waals surface area contributed by atoms with Gasteiger partial charge in [0.15, 0.2) is 5.41 Å². The molecule has 1 heterocycles. The Morgan fingerprint density at radius 2 is 2.14 bits per heavy atom. The van der Waals surface area contributed by atoms with Crippen LogP contribution in [0.3, 0.4) is 0 Å². The summed E-state index contributed by atoms with van der Waals surface area (Å²) in [6.45, 7) is 1.77. The second-order valence-electron chi connectivity index (χ2n) is 4.89. The van der Waals surface area contributed by atoms with Gasteiger partial charge in [-0.2, -0.15) is 13.2 Å². The van der Waals surface area contributed by atoms with Gasteiger partial charge in [0.1, 0.15) is 0 Å². The monoisotopic (exact) mass is 318 g/mol. The first-order chi connectivity index (χ1) is 9.90. The molecule has 116 valence electrons. The maximum atomic E-state index is 13.3. The van der Waals surface area contributed by atoms with Gasteiger partial charge in [0.25, 0.3) is 0 Å². The molecule has 2 rings (SSSR count). The van der Waals surface area contributed by atoms with Crippen molar-refractivity contribution < 1.29 is 18.0 Å². The van der Waals surface area contributed by atoms with Crippen LogP contribution in [0, 0.1) is 5.41 Å². The van der Waals surface area contributed by atoms with Crippen molar-refractivity contribution in [3.63, 3.8) is 0 Å². The fourth-order valence-electron chi connectivity index (χ4n) is 2.35. The quantitative estimate of drug-likeness (QED) is 0.837. The maximum absolute atomic E-state index is 13.3. The molecule has 1 unspecified atom stereocenters. The highest BCUT2D eigenvalue weighted by Gasteiger charge is 2.61. The number of anilines is 1. The molecule has 0 aromatic heterocycles. The standard InChI is InChI=1S/C14H17F3N2OS/c1-2-21-11-6-4-3-5-10(11)19-12(20)13(14(15,16)17)7-8-18-9-13/h3-6,18H,2,7-9H2,1H3,(H,19,20). The highest BCUT2D eigenvalue weighted by atomic mass is 32.2. The minimum atomic E-state index is -4.56. The van der Waals surface area contributed by atoms with E-state index in [1.165, 1.54) is 11.8 Å². The number of halogens is 3. The van der Waals surface area contributed by atoms with Gasteiger partial charge < -0.3 is 10.6 Å². The summed E-state index contributed by atoms with van der Waals surface area (Å²) in [4.78, 5) is 13.0. The Morgan fingerprint density at radius 1 is 1.43 bits per heavy atom. The van der Waals surface area contributed by atoms with E-state index in [1.807, 2.05) is 6.92 Å². The zero-order valence-corrected chi connectivity index (χ0v) is 12.4. The number of amides is 1. The predicted molar refractivity (Wildman–Crippen MR) is 77.4 cm³/mol. The van der Waals surface area contributed by atoms with E-state index in [4.69, 9.17) is 0 Å². The van der Waals surface area contributed by atoms with Crippen LogP contribution in [0.5, 0.6) is 0 Å². The third kappa shape index (κ3) is 3.18. The lowest BCUT2D eigenvalue weighted by Gasteiger charge is -2.29. The van der Waals surface area contributed by atoms with Gasteiger partial charge in [0.2, 0.25) is 5.91 Å². The first kappa shape index (κ1) is 16.2. The van der Waals surface area contributed by atoms with Crippen molar-refractivity contribution in [2.24, 2.45) is 5.41 Å². The number of thioether (sulfide) groups is 1. The Bertz CT molecular complexity index is 513. The Balaban J connectivity index is 2.24. The van der Waals surface area contributed by atoms with E-state index in [9.17, 15) is 18.0 Å². The molecule has 3 nitrogen and oxygen atoms in total. The molecule has 1 saturated heterocycles. The molecule has 1 fully saturated rings. The zero-order chi connectivity index (χ0) is 15.5. The fourth-order valence-corrected chi connectivity index (χ4v) is 3.11. The van der Waals surface area contributed by atoms with Crippen LogP contribution < -0.4 is 10.6 Å². The maximum Gasteiger partial charge on any atom is 0.404 e. The summed E-state index contributed by atoms with van der Waals surface area (Å²) in [7, 11) is 0. The van der Waals surface area contributed by atoms with E-state index < -0.39 is 17.5 Å². The number of hydrogen-bond acceptors (Lipinski definition) is 3. The van der Waals surface area contributed by atoms with E-state index in [2.05, 4.69) is 10.6 Å². The molecule has 1 amide bonds. The number of carbonyl (C=O) groups excluding carboxylic acids is 1. The van der Waals surface area contributed by atoms with Gasteiger partial charge >= 0.3 is 6.18 Å². The van der Waals surface area contributed by atoms with E-state index in [0.717, 1.165) is 10.6 Å². The van der Waals surface area contributed by atoms with Gasteiger partial charge in [-0.05, 0) is 30.9 Å². The lowest BCUT2D eigenvalue weighted by atomic mass is 9.85. The zero-order valence-electron chi connectivity index (χ0n) is 11.6. The molecule has 1 aromatic rings. The summed E-state index contributed by atoms with van der Waals surface area (Å²) >= 11 is 1.48. The van der Waals surface area contributed by atoms with Gasteiger partial charge in [0, 0.05) is 11.4 Å². The largest absolute Gasteiger partial charge is 0.404 e. The van der Waals surface area contributed by atoms with Crippen LogP contribution in [-0.4, -0.2) is 30.9 Å². The molecule has 0 radical (unpaired) electrons. The van der Waals surface area contributed by atoms with E-state index >= 15 is 0 Å². The van der Waals surface area contributed by atoms with E-state index in [-0.39, 0.29) is 19.5 Å². The number of carbonyl (C=O) groups is 1. The van der Waals surface area contributed by atoms with Gasteiger partial charge in [0.05, 0.1) is 5.69 Å². The Morgan fingerprint density at radius 3 is 2.71 bits per heavy atom. The minimum Gasteiger partial charge on any atom is -0.324 e. The van der Waals surface area contributed by atoms with E-state index in [1.54, 1.807) is 24.3 Å². The van der Waals surface area contributed by atoms with Crippen molar-refractivity contribution in [2.45, 2.75) is 24.4 Å². The van der Waals surface area contributed by atoms with Crippen LogP contribution in [0.2, 0.25) is 0 Å². The second-order valence-corrected chi connectivity index (χ2v) is 6.20. The predicted octanol–water partition coefficient (Wildman–Crippen LogP) is 3.28. The lowest BCUT2D eigenvalue weighted by molar-refractivity contribution is -0.213. The Hall–Kier alpha value is -1.21. The summed E-state index contributed by atoms with van der Waals surface area (Å²) in [6.07, 6.45) is -4.79. The molecule has 1 aromatic carbocycles. The average Bonchev–Trinajstić information content (AvgIpc) is 2.91. The molecule has 0 saturated carbocycles. The minimum absolute atomic E-state index is 0.193. The van der Waals surface area contributed by atoms with Crippen molar-refractivity contribution >= 4 is 23.4 Å². The Labute approximate surface area is 125 Å². The van der Waals surface area contributed by atoms with Gasteiger partial charge in [-0.25, -0.2) is 0 Å². The number of benzene rings is 1. The smallest absolute Gasteiger partial charge is 0.324 e.